The van der Waals surface area contributed by atoms with E-state index in [2.05, 4.69) is 12.2 Å². The monoisotopic (exact) mass is 407 g/mol. The molecule has 2 aromatic carbocycles. The van der Waals surface area contributed by atoms with E-state index in [9.17, 15) is 14.4 Å². The number of allylic oxidation sites excluding steroid dienone is 2. The van der Waals surface area contributed by atoms with Gasteiger partial charge in [0, 0.05) is 10.6 Å². The molecule has 1 saturated heterocycles. The maximum absolute atomic E-state index is 13.1. The summed E-state index contributed by atoms with van der Waals surface area (Å²) in [7, 11) is 0. The third-order valence-corrected chi connectivity index (χ3v) is 6.35. The predicted molar refractivity (Wildman–Crippen MR) is 108 cm³/mol. The lowest BCUT2D eigenvalue weighted by Gasteiger charge is -2.20. The summed E-state index contributed by atoms with van der Waals surface area (Å²) in [5.41, 5.74) is 0.887. The predicted octanol–water partition coefficient (Wildman–Crippen LogP) is 3.91. The fraction of sp³-hybridized carbons (Fsp3) is 0.261. The van der Waals surface area contributed by atoms with Crippen LogP contribution in [0.3, 0.4) is 0 Å². The highest BCUT2D eigenvalue weighted by Crippen LogP contribution is 2.53. The van der Waals surface area contributed by atoms with Crippen LogP contribution in [-0.4, -0.2) is 24.2 Å². The van der Waals surface area contributed by atoms with Gasteiger partial charge in [0.05, 0.1) is 17.5 Å². The molecule has 2 bridgehead atoms. The van der Waals surface area contributed by atoms with Gasteiger partial charge in [-0.2, -0.15) is 0 Å². The Balaban J connectivity index is 1.38. The second-order valence-electron chi connectivity index (χ2n) is 7.70. The average Bonchev–Trinajstić information content (AvgIpc) is 3.41. The number of carbonyl (C=O) groups is 3. The van der Waals surface area contributed by atoms with Gasteiger partial charge in [-0.3, -0.25) is 14.4 Å². The van der Waals surface area contributed by atoms with Crippen LogP contribution in [0.4, 0.5) is 5.69 Å². The minimum Gasteiger partial charge on any atom is -0.483 e. The van der Waals surface area contributed by atoms with Crippen molar-refractivity contribution in [2.24, 2.45) is 23.7 Å². The Labute approximate surface area is 172 Å². The summed E-state index contributed by atoms with van der Waals surface area (Å²) in [5, 5.41) is 0.549. The van der Waals surface area contributed by atoms with Crippen molar-refractivity contribution in [3.05, 3.63) is 71.3 Å². The molecule has 0 unspecified atom stereocenters. The SMILES string of the molecule is O=C(COc1ccccc1N1C(=O)[C@@H]2[C@H](C1=O)[C@@H]1C=C[C@@H]2C1)c1ccc(Cl)cc1. The van der Waals surface area contributed by atoms with Crippen molar-refractivity contribution in [2.75, 3.05) is 11.5 Å². The number of fused-ring (bicyclic) bond motifs is 5. The molecule has 1 aliphatic heterocycles. The van der Waals surface area contributed by atoms with Gasteiger partial charge in [0.15, 0.2) is 12.4 Å². The number of hydrogen-bond donors (Lipinski definition) is 0. The normalized spacial score (nSPS) is 26.9. The maximum atomic E-state index is 13.1. The number of benzene rings is 2. The van der Waals surface area contributed by atoms with E-state index in [1.807, 2.05) is 0 Å². The van der Waals surface area contributed by atoms with Crippen LogP contribution in [0.25, 0.3) is 0 Å². The molecule has 5 nitrogen and oxygen atoms in total. The van der Waals surface area contributed by atoms with Gasteiger partial charge in [0.25, 0.3) is 0 Å². The van der Waals surface area contributed by atoms with Crippen LogP contribution in [0, 0.1) is 23.7 Å². The van der Waals surface area contributed by atoms with Gasteiger partial charge < -0.3 is 4.74 Å². The van der Waals surface area contributed by atoms with Crippen molar-refractivity contribution in [2.45, 2.75) is 6.42 Å². The number of ether oxygens (including phenoxy) is 1. The largest absolute Gasteiger partial charge is 0.483 e. The smallest absolute Gasteiger partial charge is 0.238 e. The molecule has 2 fully saturated rings. The molecule has 3 aliphatic rings. The Kier molecular flexibility index (Phi) is 4.28. The molecule has 1 saturated carbocycles. The highest BCUT2D eigenvalue weighted by molar-refractivity contribution is 6.30. The first-order chi connectivity index (χ1) is 14.0. The van der Waals surface area contributed by atoms with Crippen molar-refractivity contribution in [1.82, 2.24) is 0 Å². The molecule has 0 radical (unpaired) electrons. The van der Waals surface area contributed by atoms with Crippen molar-refractivity contribution in [3.63, 3.8) is 0 Å². The molecule has 0 aromatic heterocycles. The number of hydrogen-bond acceptors (Lipinski definition) is 4. The van der Waals surface area contributed by atoms with Crippen molar-refractivity contribution < 1.29 is 19.1 Å². The number of imide groups is 1. The number of ketones is 1. The van der Waals surface area contributed by atoms with Gasteiger partial charge in [-0.25, -0.2) is 4.90 Å². The Morgan fingerprint density at radius 3 is 2.24 bits per heavy atom. The highest BCUT2D eigenvalue weighted by Gasteiger charge is 2.59. The highest BCUT2D eigenvalue weighted by atomic mass is 35.5. The van der Waals surface area contributed by atoms with Crippen molar-refractivity contribution in [1.29, 1.82) is 0 Å². The van der Waals surface area contributed by atoms with Crippen LogP contribution in [0.5, 0.6) is 5.75 Å². The van der Waals surface area contributed by atoms with Crippen LogP contribution in [0.2, 0.25) is 5.02 Å². The first kappa shape index (κ1) is 18.1. The number of carbonyl (C=O) groups excluding carboxylic acids is 3. The zero-order valence-corrected chi connectivity index (χ0v) is 16.2. The fourth-order valence-electron chi connectivity index (χ4n) is 4.77. The summed E-state index contributed by atoms with van der Waals surface area (Å²) in [6.45, 7) is -0.200. The van der Waals surface area contributed by atoms with Crippen LogP contribution >= 0.6 is 11.6 Å². The second-order valence-corrected chi connectivity index (χ2v) is 8.13. The van der Waals surface area contributed by atoms with E-state index in [1.165, 1.54) is 4.90 Å². The Morgan fingerprint density at radius 2 is 1.59 bits per heavy atom. The lowest BCUT2D eigenvalue weighted by Crippen LogP contribution is -2.33. The average molecular weight is 408 g/mol. The number of nitrogens with zero attached hydrogens (tertiary/aromatic N) is 1. The van der Waals surface area contributed by atoms with Crippen LogP contribution in [-0.2, 0) is 9.59 Å². The summed E-state index contributed by atoms with van der Waals surface area (Å²) in [5.74, 6) is -0.472. The summed E-state index contributed by atoms with van der Waals surface area (Å²) in [4.78, 5) is 39.8. The molecule has 0 N–H and O–H groups in total. The third-order valence-electron chi connectivity index (χ3n) is 6.10. The number of anilines is 1. The van der Waals surface area contributed by atoms with E-state index in [1.54, 1.807) is 48.5 Å². The zero-order chi connectivity index (χ0) is 20.1. The molecule has 0 spiro atoms. The van der Waals surface area contributed by atoms with Crippen LogP contribution in [0.15, 0.2) is 60.7 Å². The molecule has 1 heterocycles. The number of rotatable bonds is 5. The number of para-hydroxylation sites is 2. The number of halogens is 1. The number of Topliss-reactive ketones (excluding diaryl/α,β-unsaturated/α-hetero) is 1. The summed E-state index contributed by atoms with van der Waals surface area (Å²) in [6.07, 6.45) is 5.01. The first-order valence-electron chi connectivity index (χ1n) is 9.61. The number of amides is 2. The second kappa shape index (κ2) is 6.85. The van der Waals surface area contributed by atoms with Gasteiger partial charge in [-0.1, -0.05) is 35.9 Å². The summed E-state index contributed by atoms with van der Waals surface area (Å²) < 4.78 is 5.74. The van der Waals surface area contributed by atoms with Gasteiger partial charge in [-0.05, 0) is 54.7 Å². The minimum atomic E-state index is -0.277. The van der Waals surface area contributed by atoms with E-state index in [4.69, 9.17) is 16.3 Å². The van der Waals surface area contributed by atoms with E-state index in [0.29, 0.717) is 22.0 Å². The summed E-state index contributed by atoms with van der Waals surface area (Å²) in [6, 6.07) is 13.4. The van der Waals surface area contributed by atoms with Gasteiger partial charge in [0.1, 0.15) is 5.75 Å². The van der Waals surface area contributed by atoms with Crippen molar-refractivity contribution in [3.8, 4) is 5.75 Å². The molecular formula is C23H18ClNO4. The molecule has 6 heteroatoms. The first-order valence-corrected chi connectivity index (χ1v) is 9.99. The van der Waals surface area contributed by atoms with Gasteiger partial charge in [0.2, 0.25) is 11.8 Å². The zero-order valence-electron chi connectivity index (χ0n) is 15.5. The summed E-state index contributed by atoms with van der Waals surface area (Å²) >= 11 is 5.86. The topological polar surface area (TPSA) is 63.7 Å². The van der Waals surface area contributed by atoms with E-state index in [0.717, 1.165) is 6.42 Å². The minimum absolute atomic E-state index is 0.144. The maximum Gasteiger partial charge on any atom is 0.238 e. The Hall–Kier alpha value is -2.92. The molecule has 29 heavy (non-hydrogen) atoms. The molecule has 5 rings (SSSR count). The quantitative estimate of drug-likeness (QED) is 0.428. The Morgan fingerprint density at radius 1 is 0.966 bits per heavy atom. The van der Waals surface area contributed by atoms with Gasteiger partial charge >= 0.3 is 0 Å². The molecular weight excluding hydrogens is 390 g/mol. The fourth-order valence-corrected chi connectivity index (χ4v) is 4.89. The van der Waals surface area contributed by atoms with Gasteiger partial charge in [-0.15, -0.1) is 0 Å². The lowest BCUT2D eigenvalue weighted by molar-refractivity contribution is -0.123. The van der Waals surface area contributed by atoms with Crippen molar-refractivity contribution >= 4 is 34.9 Å². The van der Waals surface area contributed by atoms with E-state index >= 15 is 0 Å². The van der Waals surface area contributed by atoms with Crippen LogP contribution in [0.1, 0.15) is 16.8 Å². The van der Waals surface area contributed by atoms with E-state index < -0.39 is 0 Å². The Bertz CT molecular complexity index is 1020. The van der Waals surface area contributed by atoms with Crippen LogP contribution < -0.4 is 9.64 Å². The molecule has 2 amide bonds. The standard InChI is InChI=1S/C23H18ClNO4/c24-16-9-7-13(8-10-16)18(26)12-29-19-4-2-1-3-17(19)25-22(27)20-14-5-6-15(11-14)21(20)23(25)28/h1-10,14-15,20-21H,11-12H2/t14-,15-,20-,21+/m1/s1. The van der Waals surface area contributed by atoms with E-state index in [-0.39, 0.29) is 47.9 Å². The molecule has 146 valence electrons. The molecule has 2 aliphatic carbocycles. The molecule has 4 atom stereocenters. The third kappa shape index (κ3) is 2.88. The molecule has 2 aromatic rings. The lowest BCUT2D eigenvalue weighted by atomic mass is 9.85.